The first kappa shape index (κ1) is 16.1. The molecule has 2 heterocycles. The highest BCUT2D eigenvalue weighted by atomic mass is 19.1. The first-order valence-electron chi connectivity index (χ1n) is 8.10. The lowest BCUT2D eigenvalue weighted by Crippen LogP contribution is -2.47. The summed E-state index contributed by atoms with van der Waals surface area (Å²) in [4.78, 5) is 26.6. The maximum atomic E-state index is 14.2. The van der Waals surface area contributed by atoms with Gasteiger partial charge in [0, 0.05) is 17.5 Å². The van der Waals surface area contributed by atoms with Gasteiger partial charge in [0.15, 0.2) is 5.54 Å². The monoisotopic (exact) mass is 351 g/mol. The van der Waals surface area contributed by atoms with Crippen LogP contribution in [0.25, 0.3) is 0 Å². The molecule has 4 rings (SSSR count). The van der Waals surface area contributed by atoms with Gasteiger partial charge in [0.1, 0.15) is 11.6 Å². The zero-order valence-electron chi connectivity index (χ0n) is 13.7. The van der Waals surface area contributed by atoms with E-state index in [1.807, 2.05) is 6.07 Å². The predicted octanol–water partition coefficient (Wildman–Crippen LogP) is 2.43. The van der Waals surface area contributed by atoms with Crippen LogP contribution in [0.2, 0.25) is 0 Å². The SMILES string of the molecule is N#Cc1ccc(CN2C(=O)NC3(CCOc4ccccc43)C2=O)c(F)c1. The zero-order chi connectivity index (χ0) is 18.3. The molecule has 7 heteroatoms. The second-order valence-corrected chi connectivity index (χ2v) is 6.24. The van der Waals surface area contributed by atoms with Crippen molar-refractivity contribution in [1.29, 1.82) is 5.26 Å². The normalized spacial score (nSPS) is 21.2. The van der Waals surface area contributed by atoms with E-state index in [-0.39, 0.29) is 17.7 Å². The average molecular weight is 351 g/mol. The van der Waals surface area contributed by atoms with Crippen LogP contribution in [0.5, 0.6) is 5.75 Å². The summed E-state index contributed by atoms with van der Waals surface area (Å²) >= 11 is 0. The van der Waals surface area contributed by atoms with Gasteiger partial charge in [-0.3, -0.25) is 9.69 Å². The summed E-state index contributed by atoms with van der Waals surface area (Å²) in [6.07, 6.45) is 0.306. The number of amides is 3. The number of carbonyl (C=O) groups is 2. The Morgan fingerprint density at radius 1 is 1.27 bits per heavy atom. The molecule has 2 aromatic rings. The van der Waals surface area contributed by atoms with Crippen LogP contribution in [0.3, 0.4) is 0 Å². The summed E-state index contributed by atoms with van der Waals surface area (Å²) in [6, 6.07) is 12.3. The first-order valence-corrected chi connectivity index (χ1v) is 8.10. The van der Waals surface area contributed by atoms with E-state index >= 15 is 0 Å². The van der Waals surface area contributed by atoms with Gasteiger partial charge in [-0.1, -0.05) is 24.3 Å². The van der Waals surface area contributed by atoms with Crippen LogP contribution in [0, 0.1) is 17.1 Å². The molecule has 1 unspecified atom stereocenters. The molecular weight excluding hydrogens is 337 g/mol. The van der Waals surface area contributed by atoms with E-state index in [1.54, 1.807) is 24.3 Å². The number of rotatable bonds is 2. The van der Waals surface area contributed by atoms with Gasteiger partial charge in [-0.2, -0.15) is 5.26 Å². The smallest absolute Gasteiger partial charge is 0.325 e. The van der Waals surface area contributed by atoms with Crippen molar-refractivity contribution in [2.45, 2.75) is 18.5 Å². The summed E-state index contributed by atoms with van der Waals surface area (Å²) in [7, 11) is 0. The number of carbonyl (C=O) groups excluding carboxylic acids is 2. The molecule has 0 saturated carbocycles. The topological polar surface area (TPSA) is 82.4 Å². The summed E-state index contributed by atoms with van der Waals surface area (Å²) in [5.41, 5.74) is -0.231. The minimum atomic E-state index is -1.19. The minimum absolute atomic E-state index is 0.171. The van der Waals surface area contributed by atoms with Crippen molar-refractivity contribution in [2.24, 2.45) is 0 Å². The lowest BCUT2D eigenvalue weighted by Gasteiger charge is -2.33. The van der Waals surface area contributed by atoms with Crippen LogP contribution in [-0.2, 0) is 16.9 Å². The van der Waals surface area contributed by atoms with Crippen molar-refractivity contribution in [1.82, 2.24) is 10.2 Å². The van der Waals surface area contributed by atoms with Crippen molar-refractivity contribution in [2.75, 3.05) is 6.61 Å². The third-order valence-electron chi connectivity index (χ3n) is 4.77. The van der Waals surface area contributed by atoms with E-state index in [0.29, 0.717) is 24.3 Å². The van der Waals surface area contributed by atoms with Crippen LogP contribution in [-0.4, -0.2) is 23.4 Å². The zero-order valence-corrected chi connectivity index (χ0v) is 13.7. The molecule has 2 aliphatic heterocycles. The molecular formula is C19H14FN3O3. The third kappa shape index (κ3) is 2.30. The standard InChI is InChI=1S/C19H14FN3O3/c20-15-9-12(10-21)5-6-13(15)11-23-17(24)19(22-18(23)25)7-8-26-16-4-2-1-3-14(16)19/h1-6,9H,7-8,11H2,(H,22,25). The number of fused-ring (bicyclic) bond motifs is 2. The van der Waals surface area contributed by atoms with E-state index in [1.165, 1.54) is 12.1 Å². The largest absolute Gasteiger partial charge is 0.493 e. The molecule has 26 heavy (non-hydrogen) atoms. The van der Waals surface area contributed by atoms with E-state index in [0.717, 1.165) is 11.0 Å². The Hall–Kier alpha value is -3.40. The Kier molecular flexibility index (Phi) is 3.62. The molecule has 1 saturated heterocycles. The van der Waals surface area contributed by atoms with Crippen molar-refractivity contribution in [3.63, 3.8) is 0 Å². The van der Waals surface area contributed by atoms with Gasteiger partial charge in [-0.25, -0.2) is 9.18 Å². The Morgan fingerprint density at radius 2 is 2.08 bits per heavy atom. The lowest BCUT2D eigenvalue weighted by molar-refractivity contribution is -0.133. The number of halogens is 1. The molecule has 0 aliphatic carbocycles. The van der Waals surface area contributed by atoms with Gasteiger partial charge in [-0.15, -0.1) is 0 Å². The Balaban J connectivity index is 1.68. The van der Waals surface area contributed by atoms with Gasteiger partial charge < -0.3 is 10.1 Å². The quantitative estimate of drug-likeness (QED) is 0.843. The highest BCUT2D eigenvalue weighted by Gasteiger charge is 2.54. The van der Waals surface area contributed by atoms with Crippen LogP contribution < -0.4 is 10.1 Å². The summed E-state index contributed by atoms with van der Waals surface area (Å²) < 4.78 is 19.8. The van der Waals surface area contributed by atoms with E-state index in [2.05, 4.69) is 5.32 Å². The summed E-state index contributed by atoms with van der Waals surface area (Å²) in [5.74, 6) is -0.501. The molecule has 0 bridgehead atoms. The van der Waals surface area contributed by atoms with Crippen LogP contribution in [0.4, 0.5) is 9.18 Å². The Labute approximate surface area is 148 Å². The number of ether oxygens (including phenoxy) is 1. The molecule has 3 amide bonds. The molecule has 2 aliphatic rings. The Morgan fingerprint density at radius 3 is 2.85 bits per heavy atom. The maximum absolute atomic E-state index is 14.2. The highest BCUT2D eigenvalue weighted by Crippen LogP contribution is 2.41. The van der Waals surface area contributed by atoms with E-state index in [4.69, 9.17) is 10.00 Å². The predicted molar refractivity (Wildman–Crippen MR) is 88.4 cm³/mol. The number of urea groups is 1. The van der Waals surface area contributed by atoms with E-state index in [9.17, 15) is 14.0 Å². The fourth-order valence-corrected chi connectivity index (χ4v) is 3.43. The fourth-order valence-electron chi connectivity index (χ4n) is 3.43. The molecule has 0 aromatic heterocycles. The molecule has 1 N–H and O–H groups in total. The van der Waals surface area contributed by atoms with Crippen molar-refractivity contribution < 1.29 is 18.7 Å². The summed E-state index contributed by atoms with van der Waals surface area (Å²) in [5, 5.41) is 11.6. The number of nitriles is 1. The van der Waals surface area contributed by atoms with Gasteiger partial charge in [0.2, 0.25) is 0 Å². The number of hydrogen-bond donors (Lipinski definition) is 1. The van der Waals surface area contributed by atoms with Crippen molar-refractivity contribution >= 4 is 11.9 Å². The lowest BCUT2D eigenvalue weighted by atomic mass is 9.84. The molecule has 1 atom stereocenters. The van der Waals surface area contributed by atoms with Crippen LogP contribution in [0.15, 0.2) is 42.5 Å². The minimum Gasteiger partial charge on any atom is -0.493 e. The second kappa shape index (κ2) is 5.85. The molecule has 6 nitrogen and oxygen atoms in total. The highest BCUT2D eigenvalue weighted by molar-refractivity contribution is 6.07. The van der Waals surface area contributed by atoms with Crippen molar-refractivity contribution in [3.8, 4) is 11.8 Å². The third-order valence-corrected chi connectivity index (χ3v) is 4.77. The Bertz CT molecular complexity index is 969. The van der Waals surface area contributed by atoms with Gasteiger partial charge in [0.25, 0.3) is 5.91 Å². The second-order valence-electron chi connectivity index (χ2n) is 6.24. The maximum Gasteiger partial charge on any atom is 0.325 e. The number of nitrogens with zero attached hydrogens (tertiary/aromatic N) is 2. The van der Waals surface area contributed by atoms with Gasteiger partial charge >= 0.3 is 6.03 Å². The van der Waals surface area contributed by atoms with Crippen LogP contribution in [0.1, 0.15) is 23.1 Å². The molecule has 1 spiro atoms. The molecule has 130 valence electrons. The number of hydrogen-bond acceptors (Lipinski definition) is 4. The molecule has 2 aromatic carbocycles. The van der Waals surface area contributed by atoms with Gasteiger partial charge in [-0.05, 0) is 18.2 Å². The average Bonchev–Trinajstić information content (AvgIpc) is 2.88. The van der Waals surface area contributed by atoms with E-state index < -0.39 is 23.3 Å². The number of imide groups is 1. The number of nitrogens with one attached hydrogen (secondary N) is 1. The van der Waals surface area contributed by atoms with Crippen molar-refractivity contribution in [3.05, 3.63) is 65.0 Å². The number of para-hydroxylation sites is 1. The molecule has 0 radical (unpaired) electrons. The van der Waals surface area contributed by atoms with Crippen LogP contribution >= 0.6 is 0 Å². The first-order chi connectivity index (χ1) is 12.5. The number of benzene rings is 2. The fraction of sp³-hybridized carbons (Fsp3) is 0.211. The molecule has 1 fully saturated rings. The van der Waals surface area contributed by atoms with Gasteiger partial charge in [0.05, 0.1) is 24.8 Å². The summed E-state index contributed by atoms with van der Waals surface area (Å²) in [6.45, 7) is 0.0923.